The summed E-state index contributed by atoms with van der Waals surface area (Å²) in [5, 5.41) is -3.16. The molecule has 0 radical (unpaired) electrons. The molecule has 0 aliphatic heterocycles. The van der Waals surface area contributed by atoms with Gasteiger partial charge in [0.25, 0.3) is 5.88 Å². The molecular weight excluding hydrogens is 461 g/mol. The van der Waals surface area contributed by atoms with Gasteiger partial charge < -0.3 is 16.2 Å². The summed E-state index contributed by atoms with van der Waals surface area (Å²) in [4.78, 5) is 6.95. The Morgan fingerprint density at radius 3 is 2.50 bits per heavy atom. The van der Waals surface area contributed by atoms with E-state index in [9.17, 15) is 22.0 Å². The molecule has 3 rings (SSSR count). The van der Waals surface area contributed by atoms with Crippen LogP contribution in [-0.2, 0) is 11.8 Å². The number of allylic oxidation sites excluding steroid dienone is 4. The van der Waals surface area contributed by atoms with Crippen molar-refractivity contribution in [1.29, 1.82) is 0 Å². The summed E-state index contributed by atoms with van der Waals surface area (Å²) in [5.41, 5.74) is 6.76. The molecule has 5 nitrogen and oxygen atoms in total. The van der Waals surface area contributed by atoms with Gasteiger partial charge in [0, 0.05) is 0 Å². The molecule has 30 heavy (non-hydrogen) atoms. The third-order valence-electron chi connectivity index (χ3n) is 4.07. The Labute approximate surface area is 174 Å². The number of alkyl halides is 4. The number of nitrogens with two attached hydrogens (primary N) is 1. The van der Waals surface area contributed by atoms with Gasteiger partial charge in [-0.15, -0.1) is 17.3 Å². The van der Waals surface area contributed by atoms with Crippen LogP contribution in [0.1, 0.15) is 11.3 Å². The van der Waals surface area contributed by atoms with Crippen LogP contribution in [0, 0.1) is 11.6 Å². The van der Waals surface area contributed by atoms with Gasteiger partial charge in [-0.3, -0.25) is 0 Å². The third-order valence-corrected chi connectivity index (χ3v) is 4.98. The molecule has 1 aromatic heterocycles. The van der Waals surface area contributed by atoms with Crippen molar-refractivity contribution >= 4 is 29.0 Å². The maximum atomic E-state index is 15.3. The second-order valence-corrected chi connectivity index (χ2v) is 6.82. The molecule has 2 atom stereocenters. The summed E-state index contributed by atoms with van der Waals surface area (Å²) in [7, 11) is 0. The van der Waals surface area contributed by atoms with Crippen molar-refractivity contribution in [1.82, 2.24) is 9.97 Å². The molecule has 0 bridgehead atoms. The highest BCUT2D eigenvalue weighted by Crippen LogP contribution is 2.44. The topological polar surface area (TPSA) is 84.8 Å². The monoisotopic (exact) mass is 469 g/mol. The Morgan fingerprint density at radius 1 is 1.20 bits per heavy atom. The van der Waals surface area contributed by atoms with E-state index in [1.165, 1.54) is 0 Å². The van der Waals surface area contributed by atoms with Gasteiger partial charge in [-0.1, -0.05) is 11.6 Å². The van der Waals surface area contributed by atoms with Crippen molar-refractivity contribution in [3.63, 3.8) is 0 Å². The highest BCUT2D eigenvalue weighted by molar-refractivity contribution is 6.31. The van der Waals surface area contributed by atoms with Crippen LogP contribution in [0.25, 0.3) is 5.73 Å². The Hall–Kier alpha value is -2.66. The number of ether oxygens (including phenoxy) is 1. The lowest BCUT2D eigenvalue weighted by Crippen LogP contribution is -2.34. The average Bonchev–Trinajstić information content (AvgIpc) is 2.68. The number of aromatic nitrogens is 2. The summed E-state index contributed by atoms with van der Waals surface area (Å²) in [6.07, 6.45) is -2.66. The van der Waals surface area contributed by atoms with Crippen LogP contribution in [0.3, 0.4) is 0 Å². The largest absolute Gasteiger partial charge is 0.699 e. The number of nitrogens with zero attached hydrogens (tertiary/aromatic N) is 2. The molecule has 0 fully saturated rings. The van der Waals surface area contributed by atoms with Crippen molar-refractivity contribution in [2.24, 2.45) is 0 Å². The zero-order valence-electron chi connectivity index (χ0n) is 14.4. The molecule has 0 spiro atoms. The van der Waals surface area contributed by atoms with Crippen LogP contribution in [0.15, 0.2) is 42.0 Å². The number of hydrogen-bond acceptors (Lipinski definition) is 4. The zero-order valence-corrected chi connectivity index (χ0v) is 15.9. The smallest absolute Gasteiger partial charge is 0.432 e. The molecular formula is C17H9Cl2F6N4O-. The molecule has 13 heteroatoms. The quantitative estimate of drug-likeness (QED) is 0.353. The van der Waals surface area contributed by atoms with E-state index in [1.54, 1.807) is 0 Å². The summed E-state index contributed by atoms with van der Waals surface area (Å²) in [6, 6.07) is 0.928. The second-order valence-electron chi connectivity index (χ2n) is 6.01. The van der Waals surface area contributed by atoms with Crippen LogP contribution >= 0.6 is 23.2 Å². The van der Waals surface area contributed by atoms with Gasteiger partial charge in [0.05, 0.1) is 16.6 Å². The van der Waals surface area contributed by atoms with Gasteiger partial charge in [-0.25, -0.2) is 27.5 Å². The van der Waals surface area contributed by atoms with Crippen LogP contribution < -0.4 is 10.5 Å². The predicted octanol–water partition coefficient (Wildman–Crippen LogP) is 5.69. The molecule has 0 saturated heterocycles. The molecule has 2 unspecified atom stereocenters. The first-order chi connectivity index (χ1) is 13.9. The lowest BCUT2D eigenvalue weighted by molar-refractivity contribution is -0.189. The van der Waals surface area contributed by atoms with E-state index < -0.39 is 68.3 Å². The minimum absolute atomic E-state index is 0.400. The van der Waals surface area contributed by atoms with Crippen molar-refractivity contribution in [3.8, 4) is 5.88 Å². The normalized spacial score (nSPS) is 21.8. The van der Waals surface area contributed by atoms with Crippen molar-refractivity contribution in [2.45, 2.75) is 17.2 Å². The first-order valence-corrected chi connectivity index (χ1v) is 8.67. The maximum Gasteiger partial charge on any atom is 0.432 e. The van der Waals surface area contributed by atoms with Crippen LogP contribution in [0.4, 0.5) is 32.2 Å². The molecule has 0 saturated carbocycles. The highest BCUT2D eigenvalue weighted by atomic mass is 35.5. The fourth-order valence-electron chi connectivity index (χ4n) is 2.52. The number of anilines is 1. The fraction of sp³-hybridized carbons (Fsp3) is 0.176. The Bertz CT molecular complexity index is 1080. The van der Waals surface area contributed by atoms with E-state index in [1.807, 2.05) is 0 Å². The van der Waals surface area contributed by atoms with Gasteiger partial charge in [0.1, 0.15) is 28.7 Å². The van der Waals surface area contributed by atoms with Gasteiger partial charge in [-0.05, 0) is 24.3 Å². The first kappa shape index (κ1) is 22.0. The number of halogens is 8. The van der Waals surface area contributed by atoms with E-state index >= 15 is 4.39 Å². The number of hydrogen-bond donors (Lipinski definition) is 1. The average molecular weight is 470 g/mol. The Morgan fingerprint density at radius 2 is 1.83 bits per heavy atom. The minimum Gasteiger partial charge on any atom is -0.699 e. The van der Waals surface area contributed by atoms with E-state index in [4.69, 9.17) is 34.7 Å². The summed E-state index contributed by atoms with van der Waals surface area (Å²) in [5.74, 6) is -5.96. The van der Waals surface area contributed by atoms with Crippen molar-refractivity contribution < 1.29 is 31.1 Å². The van der Waals surface area contributed by atoms with E-state index in [0.717, 1.165) is 0 Å². The number of rotatable bonds is 4. The maximum absolute atomic E-state index is 15.3. The van der Waals surface area contributed by atoms with Gasteiger partial charge in [0.15, 0.2) is 11.5 Å². The van der Waals surface area contributed by atoms with Gasteiger partial charge in [-0.2, -0.15) is 8.78 Å². The fourth-order valence-corrected chi connectivity index (χ4v) is 3.07. The SMILES string of the molecule is [NH-]C1=C(F)C=CC(F)(c2cnc(N)c(OC(F)(F)c3c(F)ccc(F)c3Cl)n2)C1Cl. The van der Waals surface area contributed by atoms with Crippen molar-refractivity contribution in [2.75, 3.05) is 5.73 Å². The summed E-state index contributed by atoms with van der Waals surface area (Å²) in [6.45, 7) is 0. The molecule has 1 aromatic carbocycles. The molecule has 2 aromatic rings. The van der Waals surface area contributed by atoms with Crippen molar-refractivity contribution in [3.05, 3.63) is 75.7 Å². The number of nitrogens with one attached hydrogen (secondary N) is 1. The highest BCUT2D eigenvalue weighted by Gasteiger charge is 2.45. The lowest BCUT2D eigenvalue weighted by Gasteiger charge is -2.33. The standard InChI is InChI=1S/C17H9Cl2F6N4O/c18-11-7(21)2-1-6(20)10(11)17(24,25)30-15-14(27)28-5-9(29-15)16(23)4-3-8(22)12(26)13(16)19/h1-5,13,26H,(H2,27,28)/q-1. The second kappa shape index (κ2) is 7.55. The molecule has 0 amide bonds. The van der Waals surface area contributed by atoms with Crippen LogP contribution in [0.2, 0.25) is 5.02 Å². The molecule has 3 N–H and O–H groups in total. The van der Waals surface area contributed by atoms with Gasteiger partial charge in [0.2, 0.25) is 0 Å². The van der Waals surface area contributed by atoms with Crippen LogP contribution in [-0.4, -0.2) is 15.3 Å². The lowest BCUT2D eigenvalue weighted by atomic mass is 9.91. The Balaban J connectivity index is 2.04. The van der Waals surface area contributed by atoms with E-state index in [-0.39, 0.29) is 0 Å². The van der Waals surface area contributed by atoms with E-state index in [0.29, 0.717) is 30.5 Å². The molecule has 1 heterocycles. The van der Waals surface area contributed by atoms with Gasteiger partial charge >= 0.3 is 6.11 Å². The number of benzene rings is 1. The third kappa shape index (κ3) is 3.63. The molecule has 1 aliphatic rings. The van der Waals surface area contributed by atoms with E-state index in [2.05, 4.69) is 14.7 Å². The predicted molar refractivity (Wildman–Crippen MR) is 96.4 cm³/mol. The Kier molecular flexibility index (Phi) is 5.54. The molecule has 160 valence electrons. The summed E-state index contributed by atoms with van der Waals surface area (Å²) < 4.78 is 89.5. The minimum atomic E-state index is -4.59. The van der Waals surface area contributed by atoms with Crippen LogP contribution in [0.5, 0.6) is 5.88 Å². The number of nitrogen functional groups attached to an aromatic ring is 1. The zero-order chi connectivity index (χ0) is 22.4. The molecule has 1 aliphatic carbocycles. The first-order valence-electron chi connectivity index (χ1n) is 7.85. The summed E-state index contributed by atoms with van der Waals surface area (Å²) >= 11 is 11.2.